The third kappa shape index (κ3) is 6.42. The first-order valence-corrected chi connectivity index (χ1v) is 7.51. The maximum absolute atomic E-state index is 3.69. The topological polar surface area (TPSA) is 15.3 Å². The van der Waals surface area contributed by atoms with E-state index in [0.717, 1.165) is 6.04 Å². The maximum atomic E-state index is 3.69. The van der Waals surface area contributed by atoms with Crippen LogP contribution >= 0.6 is 0 Å². The summed E-state index contributed by atoms with van der Waals surface area (Å²) in [5.41, 5.74) is 0.448. The molecule has 1 atom stereocenters. The van der Waals surface area contributed by atoms with Crippen molar-refractivity contribution in [3.05, 3.63) is 0 Å². The molecule has 0 amide bonds. The Bertz CT molecular complexity index is 201. The fourth-order valence-corrected chi connectivity index (χ4v) is 2.33. The zero-order valence-corrected chi connectivity index (χ0v) is 12.4. The molecule has 1 rings (SSSR count). The van der Waals surface area contributed by atoms with Crippen LogP contribution in [0.1, 0.15) is 59.3 Å². The molecule has 0 aromatic carbocycles. The van der Waals surface area contributed by atoms with E-state index in [2.05, 4.69) is 38.0 Å². The van der Waals surface area contributed by atoms with Gasteiger partial charge in [-0.1, -0.05) is 33.6 Å². The molecule has 1 fully saturated rings. The summed E-state index contributed by atoms with van der Waals surface area (Å²) in [4.78, 5) is 2.52. The minimum atomic E-state index is 0.448. The highest BCUT2D eigenvalue weighted by Crippen LogP contribution is 2.25. The van der Waals surface area contributed by atoms with Gasteiger partial charge in [0.2, 0.25) is 0 Å². The summed E-state index contributed by atoms with van der Waals surface area (Å²) < 4.78 is 0. The van der Waals surface area contributed by atoms with Crippen LogP contribution in [0.3, 0.4) is 0 Å². The van der Waals surface area contributed by atoms with Crippen molar-refractivity contribution in [2.45, 2.75) is 65.3 Å². The zero-order chi connectivity index (χ0) is 12.7. The number of nitrogens with one attached hydrogen (secondary N) is 1. The summed E-state index contributed by atoms with van der Waals surface area (Å²) in [7, 11) is 2.28. The van der Waals surface area contributed by atoms with E-state index >= 15 is 0 Å². The molecule has 0 heterocycles. The van der Waals surface area contributed by atoms with E-state index in [4.69, 9.17) is 0 Å². The van der Waals surface area contributed by atoms with Gasteiger partial charge in [-0.05, 0) is 44.7 Å². The maximum Gasteiger partial charge on any atom is 0.00684 e. The number of nitrogens with zero attached hydrogens (tertiary/aromatic N) is 1. The summed E-state index contributed by atoms with van der Waals surface area (Å²) in [6, 6.07) is 0.839. The van der Waals surface area contributed by atoms with Gasteiger partial charge in [0.05, 0.1) is 0 Å². The molecule has 0 saturated heterocycles. The number of hydrogen-bond donors (Lipinski definition) is 1. The lowest BCUT2D eigenvalue weighted by atomic mass is 9.86. The van der Waals surface area contributed by atoms with Crippen LogP contribution in [0.15, 0.2) is 0 Å². The van der Waals surface area contributed by atoms with Gasteiger partial charge < -0.3 is 10.2 Å². The first kappa shape index (κ1) is 15.0. The van der Waals surface area contributed by atoms with Crippen molar-refractivity contribution in [2.75, 3.05) is 26.7 Å². The minimum Gasteiger partial charge on any atom is -0.313 e. The van der Waals surface area contributed by atoms with Crippen LogP contribution in [0, 0.1) is 5.41 Å². The highest BCUT2D eigenvalue weighted by atomic mass is 15.1. The van der Waals surface area contributed by atoms with Crippen molar-refractivity contribution in [3.8, 4) is 0 Å². The van der Waals surface area contributed by atoms with Gasteiger partial charge in [0.15, 0.2) is 0 Å². The van der Waals surface area contributed by atoms with Crippen molar-refractivity contribution in [1.82, 2.24) is 10.2 Å². The van der Waals surface area contributed by atoms with E-state index in [1.165, 1.54) is 58.2 Å². The van der Waals surface area contributed by atoms with E-state index in [0.29, 0.717) is 5.41 Å². The molecule has 1 saturated carbocycles. The van der Waals surface area contributed by atoms with Gasteiger partial charge in [0, 0.05) is 19.1 Å². The molecule has 0 aromatic rings. The quantitative estimate of drug-likeness (QED) is 0.590. The van der Waals surface area contributed by atoms with Gasteiger partial charge in [-0.3, -0.25) is 0 Å². The van der Waals surface area contributed by atoms with Gasteiger partial charge in [-0.2, -0.15) is 0 Å². The van der Waals surface area contributed by atoms with Crippen molar-refractivity contribution < 1.29 is 0 Å². The third-order valence-electron chi connectivity index (χ3n) is 4.04. The Labute approximate surface area is 108 Å². The molecule has 1 aliphatic carbocycles. The summed E-state index contributed by atoms with van der Waals surface area (Å²) >= 11 is 0. The minimum absolute atomic E-state index is 0.448. The molecule has 102 valence electrons. The zero-order valence-electron chi connectivity index (χ0n) is 12.4. The number of unbranched alkanes of at least 4 members (excludes halogenated alkanes) is 2. The van der Waals surface area contributed by atoms with Crippen molar-refractivity contribution in [2.24, 2.45) is 5.41 Å². The Hall–Kier alpha value is -0.0800. The van der Waals surface area contributed by atoms with Crippen LogP contribution in [0.4, 0.5) is 0 Å². The smallest absolute Gasteiger partial charge is 0.00684 e. The molecular formula is C15H32N2. The average molecular weight is 240 g/mol. The average Bonchev–Trinajstić information content (AvgIpc) is 3.11. The van der Waals surface area contributed by atoms with Crippen LogP contribution in [0.5, 0.6) is 0 Å². The largest absolute Gasteiger partial charge is 0.313 e. The van der Waals surface area contributed by atoms with Gasteiger partial charge in [-0.25, -0.2) is 0 Å². The van der Waals surface area contributed by atoms with Crippen molar-refractivity contribution in [1.29, 1.82) is 0 Å². The molecule has 2 nitrogen and oxygen atoms in total. The van der Waals surface area contributed by atoms with Crippen LogP contribution in [-0.2, 0) is 0 Å². The van der Waals surface area contributed by atoms with Gasteiger partial charge in [0.1, 0.15) is 0 Å². The highest BCUT2D eigenvalue weighted by Gasteiger charge is 2.28. The number of hydrogen-bond acceptors (Lipinski definition) is 2. The van der Waals surface area contributed by atoms with E-state index < -0.39 is 0 Å². The Morgan fingerprint density at radius 3 is 2.47 bits per heavy atom. The molecule has 0 spiro atoms. The van der Waals surface area contributed by atoms with Gasteiger partial charge in [-0.15, -0.1) is 0 Å². The summed E-state index contributed by atoms with van der Waals surface area (Å²) in [5, 5.41) is 3.69. The summed E-state index contributed by atoms with van der Waals surface area (Å²) in [5.74, 6) is 0. The van der Waals surface area contributed by atoms with E-state index in [1.54, 1.807) is 0 Å². The van der Waals surface area contributed by atoms with Gasteiger partial charge >= 0.3 is 0 Å². The number of rotatable bonds is 10. The van der Waals surface area contributed by atoms with Crippen LogP contribution in [0.25, 0.3) is 0 Å². The second kappa shape index (κ2) is 7.38. The van der Waals surface area contributed by atoms with Crippen LogP contribution in [-0.4, -0.2) is 37.6 Å². The SMILES string of the molecule is CCCCCN(C)CC(C)(CC)CNC1CC1. The fraction of sp³-hybridized carbons (Fsp3) is 1.00. The summed E-state index contributed by atoms with van der Waals surface area (Å²) in [6.07, 6.45) is 8.10. The first-order chi connectivity index (χ1) is 8.09. The third-order valence-corrected chi connectivity index (χ3v) is 4.04. The lowest BCUT2D eigenvalue weighted by Gasteiger charge is -2.33. The lowest BCUT2D eigenvalue weighted by molar-refractivity contribution is 0.177. The first-order valence-electron chi connectivity index (χ1n) is 7.51. The molecule has 17 heavy (non-hydrogen) atoms. The van der Waals surface area contributed by atoms with Crippen molar-refractivity contribution >= 4 is 0 Å². The fourth-order valence-electron chi connectivity index (χ4n) is 2.33. The standard InChI is InChI=1S/C15H32N2/c1-5-7-8-11-17(4)13-15(3,6-2)12-16-14-9-10-14/h14,16H,5-13H2,1-4H3. The molecule has 0 radical (unpaired) electrons. The Kier molecular flexibility index (Phi) is 6.50. The Morgan fingerprint density at radius 2 is 1.94 bits per heavy atom. The van der Waals surface area contributed by atoms with E-state index in [-0.39, 0.29) is 0 Å². The van der Waals surface area contributed by atoms with Gasteiger partial charge in [0.25, 0.3) is 0 Å². The molecule has 0 aliphatic heterocycles. The Morgan fingerprint density at radius 1 is 1.24 bits per heavy atom. The molecule has 0 bridgehead atoms. The van der Waals surface area contributed by atoms with Crippen molar-refractivity contribution in [3.63, 3.8) is 0 Å². The molecule has 0 aromatic heterocycles. The van der Waals surface area contributed by atoms with E-state index in [9.17, 15) is 0 Å². The lowest BCUT2D eigenvalue weighted by Crippen LogP contribution is -2.41. The predicted octanol–water partition coefficient (Wildman–Crippen LogP) is 3.28. The predicted molar refractivity (Wildman–Crippen MR) is 76.4 cm³/mol. The van der Waals surface area contributed by atoms with Crippen LogP contribution < -0.4 is 5.32 Å². The molecule has 1 unspecified atom stereocenters. The van der Waals surface area contributed by atoms with Crippen LogP contribution in [0.2, 0.25) is 0 Å². The molecule has 1 N–H and O–H groups in total. The second-order valence-electron chi connectivity index (χ2n) is 6.26. The molecule has 1 aliphatic rings. The normalized spacial score (nSPS) is 19.6. The Balaban J connectivity index is 2.21. The second-order valence-corrected chi connectivity index (χ2v) is 6.26. The monoisotopic (exact) mass is 240 g/mol. The van der Waals surface area contributed by atoms with E-state index in [1.807, 2.05) is 0 Å². The summed E-state index contributed by atoms with van der Waals surface area (Å²) in [6.45, 7) is 10.7. The molecule has 2 heteroatoms. The highest BCUT2D eigenvalue weighted by molar-refractivity contribution is 4.86. The molecular weight excluding hydrogens is 208 g/mol.